The second-order valence-corrected chi connectivity index (χ2v) is 5.28. The van der Waals surface area contributed by atoms with Crippen molar-refractivity contribution >= 4 is 0 Å². The quantitative estimate of drug-likeness (QED) is 0.841. The van der Waals surface area contributed by atoms with Gasteiger partial charge in [-0.1, -0.05) is 37.3 Å². The fraction of sp³-hybridized carbons (Fsp3) is 0.438. The maximum Gasteiger partial charge on any atom is 0.140 e. The van der Waals surface area contributed by atoms with Crippen molar-refractivity contribution in [3.63, 3.8) is 0 Å². The lowest BCUT2D eigenvalue weighted by molar-refractivity contribution is 0.247. The monoisotopic (exact) mass is 255 g/mol. The van der Waals surface area contributed by atoms with Gasteiger partial charge in [0.1, 0.15) is 5.82 Å². The van der Waals surface area contributed by atoms with Gasteiger partial charge in [-0.2, -0.15) is 0 Å². The van der Waals surface area contributed by atoms with Crippen molar-refractivity contribution in [3.8, 4) is 11.4 Å². The van der Waals surface area contributed by atoms with Gasteiger partial charge >= 0.3 is 0 Å². The standard InChI is InChI=1S/C16H21N3/c1-3-10-19-11-9-14-15(12-19)18(2)16(17-14)13-7-5-4-6-8-13/h4-8H,3,9-12H2,1-2H3. The zero-order valence-corrected chi connectivity index (χ0v) is 11.8. The second kappa shape index (κ2) is 5.17. The fourth-order valence-corrected chi connectivity index (χ4v) is 2.89. The molecular formula is C16H21N3. The van der Waals surface area contributed by atoms with Gasteiger partial charge in [-0.25, -0.2) is 4.98 Å². The summed E-state index contributed by atoms with van der Waals surface area (Å²) >= 11 is 0. The summed E-state index contributed by atoms with van der Waals surface area (Å²) in [5.74, 6) is 1.10. The average Bonchev–Trinajstić information content (AvgIpc) is 2.78. The van der Waals surface area contributed by atoms with Crippen molar-refractivity contribution in [2.75, 3.05) is 13.1 Å². The Morgan fingerprint density at radius 1 is 1.21 bits per heavy atom. The van der Waals surface area contributed by atoms with Crippen LogP contribution in [0.25, 0.3) is 11.4 Å². The maximum absolute atomic E-state index is 4.85. The van der Waals surface area contributed by atoms with Crippen LogP contribution in [0.5, 0.6) is 0 Å². The topological polar surface area (TPSA) is 21.1 Å². The highest BCUT2D eigenvalue weighted by Gasteiger charge is 2.22. The van der Waals surface area contributed by atoms with E-state index >= 15 is 0 Å². The first-order chi connectivity index (χ1) is 9.29. The van der Waals surface area contributed by atoms with E-state index in [2.05, 4.69) is 53.8 Å². The molecule has 1 aromatic heterocycles. The molecule has 1 aromatic carbocycles. The minimum Gasteiger partial charge on any atom is -0.330 e. The molecule has 0 N–H and O–H groups in total. The predicted molar refractivity (Wildman–Crippen MR) is 77.9 cm³/mol. The fourth-order valence-electron chi connectivity index (χ4n) is 2.89. The van der Waals surface area contributed by atoms with E-state index in [4.69, 9.17) is 4.98 Å². The normalized spacial score (nSPS) is 15.5. The van der Waals surface area contributed by atoms with Crippen LogP contribution >= 0.6 is 0 Å². The smallest absolute Gasteiger partial charge is 0.140 e. The lowest BCUT2D eigenvalue weighted by Crippen LogP contribution is -2.31. The summed E-state index contributed by atoms with van der Waals surface area (Å²) in [7, 11) is 2.14. The van der Waals surface area contributed by atoms with Gasteiger partial charge in [-0.15, -0.1) is 0 Å². The average molecular weight is 255 g/mol. The minimum atomic E-state index is 1.04. The van der Waals surface area contributed by atoms with E-state index in [0.29, 0.717) is 0 Å². The largest absolute Gasteiger partial charge is 0.330 e. The Morgan fingerprint density at radius 2 is 2.00 bits per heavy atom. The van der Waals surface area contributed by atoms with Crippen molar-refractivity contribution in [2.45, 2.75) is 26.3 Å². The molecule has 0 spiro atoms. The van der Waals surface area contributed by atoms with Crippen molar-refractivity contribution < 1.29 is 0 Å². The number of hydrogen-bond acceptors (Lipinski definition) is 2. The molecule has 3 heteroatoms. The number of imidazole rings is 1. The van der Waals surface area contributed by atoms with Crippen molar-refractivity contribution in [1.82, 2.24) is 14.5 Å². The zero-order valence-electron chi connectivity index (χ0n) is 11.8. The van der Waals surface area contributed by atoms with E-state index < -0.39 is 0 Å². The summed E-state index contributed by atoms with van der Waals surface area (Å²) in [6.45, 7) is 5.62. The van der Waals surface area contributed by atoms with E-state index in [1.54, 1.807) is 0 Å². The summed E-state index contributed by atoms with van der Waals surface area (Å²) in [6, 6.07) is 10.5. The van der Waals surface area contributed by atoms with Gasteiger partial charge in [0.25, 0.3) is 0 Å². The van der Waals surface area contributed by atoms with Gasteiger partial charge < -0.3 is 4.57 Å². The van der Waals surface area contributed by atoms with Gasteiger partial charge in [-0.3, -0.25) is 4.90 Å². The molecule has 0 radical (unpaired) electrons. The number of fused-ring (bicyclic) bond motifs is 1. The van der Waals surface area contributed by atoms with Crippen LogP contribution in [0.15, 0.2) is 30.3 Å². The number of nitrogens with zero attached hydrogens (tertiary/aromatic N) is 3. The molecule has 0 fully saturated rings. The number of rotatable bonds is 3. The molecule has 0 atom stereocenters. The molecule has 0 aliphatic carbocycles. The Bertz CT molecular complexity index is 557. The third-order valence-electron chi connectivity index (χ3n) is 3.91. The van der Waals surface area contributed by atoms with E-state index in [-0.39, 0.29) is 0 Å². The molecule has 1 aliphatic rings. The predicted octanol–water partition coefficient (Wildman–Crippen LogP) is 2.86. The molecule has 0 amide bonds. The summed E-state index contributed by atoms with van der Waals surface area (Å²) < 4.78 is 2.27. The van der Waals surface area contributed by atoms with E-state index in [1.165, 1.54) is 29.9 Å². The summed E-state index contributed by atoms with van der Waals surface area (Å²) in [6.07, 6.45) is 2.30. The zero-order chi connectivity index (χ0) is 13.2. The molecule has 0 saturated carbocycles. The third-order valence-corrected chi connectivity index (χ3v) is 3.91. The van der Waals surface area contributed by atoms with Crippen LogP contribution in [0.2, 0.25) is 0 Å². The highest BCUT2D eigenvalue weighted by molar-refractivity contribution is 5.56. The Hall–Kier alpha value is -1.61. The van der Waals surface area contributed by atoms with Crippen LogP contribution < -0.4 is 0 Å². The van der Waals surface area contributed by atoms with Crippen LogP contribution in [0.3, 0.4) is 0 Å². The lowest BCUT2D eigenvalue weighted by atomic mass is 10.1. The van der Waals surface area contributed by atoms with Crippen molar-refractivity contribution in [2.24, 2.45) is 7.05 Å². The first-order valence-corrected chi connectivity index (χ1v) is 7.12. The highest BCUT2D eigenvalue weighted by atomic mass is 15.2. The maximum atomic E-state index is 4.85. The van der Waals surface area contributed by atoms with Gasteiger partial charge in [0, 0.05) is 32.1 Å². The SMILES string of the molecule is CCCN1CCc2nc(-c3ccccc3)n(C)c2C1. The highest BCUT2D eigenvalue weighted by Crippen LogP contribution is 2.25. The Morgan fingerprint density at radius 3 is 2.74 bits per heavy atom. The summed E-state index contributed by atoms with van der Waals surface area (Å²) in [5, 5.41) is 0. The first-order valence-electron chi connectivity index (χ1n) is 7.12. The molecule has 0 bridgehead atoms. The van der Waals surface area contributed by atoms with E-state index in [9.17, 15) is 0 Å². The van der Waals surface area contributed by atoms with Gasteiger partial charge in [0.15, 0.2) is 0 Å². The van der Waals surface area contributed by atoms with Crippen molar-refractivity contribution in [3.05, 3.63) is 41.7 Å². The third kappa shape index (κ3) is 2.30. The van der Waals surface area contributed by atoms with Crippen LogP contribution in [0, 0.1) is 0 Å². The van der Waals surface area contributed by atoms with Crippen LogP contribution in [-0.2, 0) is 20.0 Å². The summed E-state index contributed by atoms with van der Waals surface area (Å²) in [5.41, 5.74) is 3.88. The van der Waals surface area contributed by atoms with E-state index in [0.717, 1.165) is 25.3 Å². The molecule has 2 heterocycles. The molecule has 1 aliphatic heterocycles. The van der Waals surface area contributed by atoms with Gasteiger partial charge in [-0.05, 0) is 13.0 Å². The van der Waals surface area contributed by atoms with Crippen molar-refractivity contribution in [1.29, 1.82) is 0 Å². The molecule has 19 heavy (non-hydrogen) atoms. The molecule has 3 rings (SSSR count). The first kappa shape index (κ1) is 12.4. The number of aromatic nitrogens is 2. The van der Waals surface area contributed by atoms with Gasteiger partial charge in [0.2, 0.25) is 0 Å². The van der Waals surface area contributed by atoms with Gasteiger partial charge in [0.05, 0.1) is 11.4 Å². The van der Waals surface area contributed by atoms with Crippen LogP contribution in [-0.4, -0.2) is 27.5 Å². The Labute approximate surface area is 114 Å². The minimum absolute atomic E-state index is 1.04. The van der Waals surface area contributed by atoms with Crippen LogP contribution in [0.1, 0.15) is 24.7 Å². The summed E-state index contributed by atoms with van der Waals surface area (Å²) in [4.78, 5) is 7.38. The molecule has 100 valence electrons. The molecule has 3 nitrogen and oxygen atoms in total. The Balaban J connectivity index is 1.95. The molecule has 2 aromatic rings. The number of hydrogen-bond donors (Lipinski definition) is 0. The lowest BCUT2D eigenvalue weighted by Gasteiger charge is -2.26. The second-order valence-electron chi connectivity index (χ2n) is 5.28. The Kier molecular flexibility index (Phi) is 3.38. The molecule has 0 unspecified atom stereocenters. The number of benzene rings is 1. The molecule has 0 saturated heterocycles. The van der Waals surface area contributed by atoms with E-state index in [1.807, 2.05) is 0 Å². The molecular weight excluding hydrogens is 234 g/mol. The van der Waals surface area contributed by atoms with Crippen LogP contribution in [0.4, 0.5) is 0 Å².